The molecule has 0 aromatic heterocycles. The molecule has 2 aromatic carbocycles. The van der Waals surface area contributed by atoms with Gasteiger partial charge in [0.05, 0.1) is 16.1 Å². The van der Waals surface area contributed by atoms with E-state index in [1.807, 2.05) is 56.3 Å². The minimum atomic E-state index is -0.490. The van der Waals surface area contributed by atoms with Crippen LogP contribution in [0.5, 0.6) is 0 Å². The lowest BCUT2D eigenvalue weighted by atomic mass is 9.79. The van der Waals surface area contributed by atoms with E-state index in [1.165, 1.54) is 0 Å². The van der Waals surface area contributed by atoms with Crippen LogP contribution < -0.4 is 10.6 Å². The summed E-state index contributed by atoms with van der Waals surface area (Å²) in [5.74, 6) is -0.0853. The zero-order chi connectivity index (χ0) is 15.9. The number of para-hydroxylation sites is 1. The molecule has 0 aliphatic carbocycles. The van der Waals surface area contributed by atoms with E-state index < -0.39 is 5.54 Å². The molecule has 0 fully saturated rings. The number of nitrogens with zero attached hydrogens (tertiary/aromatic N) is 1. The van der Waals surface area contributed by atoms with Crippen LogP contribution in [0.15, 0.2) is 48.5 Å². The minimum Gasteiger partial charge on any atom is -0.326 e. The number of carbonyl (C=O) groups excluding carboxylic acids is 1. The van der Waals surface area contributed by atoms with Gasteiger partial charge in [-0.15, -0.1) is 0 Å². The lowest BCUT2D eigenvalue weighted by molar-refractivity contribution is 0.0936. The van der Waals surface area contributed by atoms with Gasteiger partial charge in [-0.3, -0.25) is 4.79 Å². The summed E-state index contributed by atoms with van der Waals surface area (Å²) < 4.78 is 0. The second kappa shape index (κ2) is 5.41. The predicted molar refractivity (Wildman–Crippen MR) is 90.5 cm³/mol. The molecule has 1 amide bonds. The Hall–Kier alpha value is -1.84. The van der Waals surface area contributed by atoms with Crippen LogP contribution >= 0.6 is 11.6 Å². The maximum absolute atomic E-state index is 13.1. The number of benzene rings is 2. The van der Waals surface area contributed by atoms with Crippen LogP contribution in [-0.4, -0.2) is 17.5 Å². The molecule has 2 aromatic rings. The Morgan fingerprint density at radius 1 is 1.18 bits per heavy atom. The van der Waals surface area contributed by atoms with Crippen molar-refractivity contribution < 1.29 is 4.79 Å². The molecule has 1 aliphatic heterocycles. The van der Waals surface area contributed by atoms with Crippen molar-refractivity contribution in [3.63, 3.8) is 0 Å². The SMILES string of the molecule is C[C@H](N)C1(C)Cc2cccc(Cl)c2C(=O)N1c1ccccc1. The van der Waals surface area contributed by atoms with Gasteiger partial charge >= 0.3 is 0 Å². The molecule has 0 spiro atoms. The monoisotopic (exact) mass is 314 g/mol. The van der Waals surface area contributed by atoms with E-state index in [0.717, 1.165) is 11.3 Å². The highest BCUT2D eigenvalue weighted by molar-refractivity contribution is 6.35. The maximum Gasteiger partial charge on any atom is 0.260 e. The number of nitrogens with two attached hydrogens (primary N) is 1. The molecule has 1 unspecified atom stereocenters. The Morgan fingerprint density at radius 2 is 1.86 bits per heavy atom. The molecule has 1 aliphatic rings. The van der Waals surface area contributed by atoms with Crippen molar-refractivity contribution in [2.24, 2.45) is 5.73 Å². The van der Waals surface area contributed by atoms with Crippen molar-refractivity contribution in [1.29, 1.82) is 0 Å². The predicted octanol–water partition coefficient (Wildman–Crippen LogP) is 3.65. The van der Waals surface area contributed by atoms with E-state index in [-0.39, 0.29) is 11.9 Å². The average molecular weight is 315 g/mol. The molecular formula is C18H19ClN2O. The number of rotatable bonds is 2. The average Bonchev–Trinajstić information content (AvgIpc) is 2.48. The lowest BCUT2D eigenvalue weighted by Gasteiger charge is -2.48. The van der Waals surface area contributed by atoms with E-state index in [0.29, 0.717) is 17.0 Å². The van der Waals surface area contributed by atoms with E-state index in [9.17, 15) is 4.79 Å². The minimum absolute atomic E-state index is 0.0853. The highest BCUT2D eigenvalue weighted by Gasteiger charge is 2.45. The zero-order valence-electron chi connectivity index (χ0n) is 12.7. The summed E-state index contributed by atoms with van der Waals surface area (Å²) in [5.41, 5.74) is 8.17. The van der Waals surface area contributed by atoms with Crippen LogP contribution in [0.3, 0.4) is 0 Å². The molecule has 0 radical (unpaired) electrons. The number of hydrogen-bond acceptors (Lipinski definition) is 2. The largest absolute Gasteiger partial charge is 0.326 e. The van der Waals surface area contributed by atoms with Gasteiger partial charge in [-0.1, -0.05) is 41.9 Å². The van der Waals surface area contributed by atoms with Crippen LogP contribution in [0, 0.1) is 0 Å². The fraction of sp³-hybridized carbons (Fsp3) is 0.278. The first kappa shape index (κ1) is 15.1. The fourth-order valence-corrected chi connectivity index (χ4v) is 3.39. The number of hydrogen-bond donors (Lipinski definition) is 1. The van der Waals surface area contributed by atoms with E-state index in [2.05, 4.69) is 0 Å². The molecule has 22 heavy (non-hydrogen) atoms. The highest BCUT2D eigenvalue weighted by Crippen LogP contribution is 2.38. The van der Waals surface area contributed by atoms with Crippen LogP contribution in [0.4, 0.5) is 5.69 Å². The fourth-order valence-electron chi connectivity index (χ4n) is 3.12. The first-order valence-corrected chi connectivity index (χ1v) is 7.75. The summed E-state index contributed by atoms with van der Waals surface area (Å²) in [6.07, 6.45) is 0.682. The Balaban J connectivity index is 2.22. The molecule has 3 rings (SSSR count). The molecule has 2 atom stereocenters. The Morgan fingerprint density at radius 3 is 2.50 bits per heavy atom. The topological polar surface area (TPSA) is 46.3 Å². The molecule has 3 nitrogen and oxygen atoms in total. The molecule has 0 saturated carbocycles. The van der Waals surface area contributed by atoms with Crippen LogP contribution in [0.25, 0.3) is 0 Å². The normalized spacial score (nSPS) is 22.4. The molecule has 0 saturated heterocycles. The highest BCUT2D eigenvalue weighted by atomic mass is 35.5. The second-order valence-corrected chi connectivity index (χ2v) is 6.48. The number of anilines is 1. The first-order chi connectivity index (χ1) is 10.4. The summed E-state index contributed by atoms with van der Waals surface area (Å²) in [7, 11) is 0. The standard InChI is InChI=1S/C18H19ClN2O/c1-12(20)18(2)11-13-7-6-10-15(19)16(13)17(22)21(18)14-8-4-3-5-9-14/h3-10,12H,11,20H2,1-2H3/t12-,18?/m0/s1. The summed E-state index contributed by atoms with van der Waals surface area (Å²) in [4.78, 5) is 14.9. The van der Waals surface area contributed by atoms with Crippen molar-refractivity contribution >= 4 is 23.2 Å². The van der Waals surface area contributed by atoms with Gasteiger partial charge in [0, 0.05) is 11.7 Å². The summed E-state index contributed by atoms with van der Waals surface area (Å²) in [5, 5.41) is 0.496. The van der Waals surface area contributed by atoms with Crippen molar-refractivity contribution in [3.8, 4) is 0 Å². The smallest absolute Gasteiger partial charge is 0.260 e. The number of halogens is 1. The van der Waals surface area contributed by atoms with Gasteiger partial charge in [0.2, 0.25) is 0 Å². The van der Waals surface area contributed by atoms with Crippen LogP contribution in [-0.2, 0) is 6.42 Å². The molecule has 1 heterocycles. The van der Waals surface area contributed by atoms with Gasteiger partial charge < -0.3 is 10.6 Å². The van der Waals surface area contributed by atoms with Crippen LogP contribution in [0.1, 0.15) is 29.8 Å². The molecule has 4 heteroatoms. The Labute approximate surface area is 135 Å². The zero-order valence-corrected chi connectivity index (χ0v) is 13.5. The van der Waals surface area contributed by atoms with E-state index >= 15 is 0 Å². The Kier molecular flexibility index (Phi) is 3.71. The third-order valence-electron chi connectivity index (χ3n) is 4.57. The number of fused-ring (bicyclic) bond motifs is 1. The van der Waals surface area contributed by atoms with Crippen molar-refractivity contribution in [2.75, 3.05) is 4.90 Å². The molecular weight excluding hydrogens is 296 g/mol. The Bertz CT molecular complexity index is 714. The van der Waals surface area contributed by atoms with Crippen molar-refractivity contribution in [2.45, 2.75) is 31.8 Å². The van der Waals surface area contributed by atoms with Gasteiger partial charge in [0.15, 0.2) is 0 Å². The van der Waals surface area contributed by atoms with E-state index in [1.54, 1.807) is 11.0 Å². The summed E-state index contributed by atoms with van der Waals surface area (Å²) >= 11 is 6.28. The second-order valence-electron chi connectivity index (χ2n) is 6.07. The van der Waals surface area contributed by atoms with Gasteiger partial charge in [-0.05, 0) is 44.0 Å². The molecule has 2 N–H and O–H groups in total. The quantitative estimate of drug-likeness (QED) is 0.919. The van der Waals surface area contributed by atoms with E-state index in [4.69, 9.17) is 17.3 Å². The lowest BCUT2D eigenvalue weighted by Crippen LogP contribution is -2.63. The van der Waals surface area contributed by atoms with Crippen molar-refractivity contribution in [3.05, 3.63) is 64.7 Å². The summed E-state index contributed by atoms with van der Waals surface area (Å²) in [6, 6.07) is 15.1. The van der Waals surface area contributed by atoms with Gasteiger partial charge in [-0.2, -0.15) is 0 Å². The third-order valence-corrected chi connectivity index (χ3v) is 4.89. The van der Waals surface area contributed by atoms with Gasteiger partial charge in [0.1, 0.15) is 0 Å². The molecule has 0 bridgehead atoms. The first-order valence-electron chi connectivity index (χ1n) is 7.38. The van der Waals surface area contributed by atoms with Gasteiger partial charge in [0.25, 0.3) is 5.91 Å². The third kappa shape index (κ3) is 2.21. The maximum atomic E-state index is 13.1. The van der Waals surface area contributed by atoms with Crippen molar-refractivity contribution in [1.82, 2.24) is 0 Å². The summed E-state index contributed by atoms with van der Waals surface area (Å²) in [6.45, 7) is 3.98. The van der Waals surface area contributed by atoms with Crippen LogP contribution in [0.2, 0.25) is 5.02 Å². The number of carbonyl (C=O) groups is 1. The number of amides is 1. The van der Waals surface area contributed by atoms with Gasteiger partial charge in [-0.25, -0.2) is 0 Å². The molecule has 114 valence electrons.